The van der Waals surface area contributed by atoms with Gasteiger partial charge in [0.25, 0.3) is 0 Å². The first-order chi connectivity index (χ1) is 8.38. The number of hydrogen-bond acceptors (Lipinski definition) is 4. The number of thiophene rings is 1. The quantitative estimate of drug-likeness (QED) is 0.662. The van der Waals surface area contributed by atoms with E-state index in [1.54, 1.807) is 17.4 Å². The number of fused-ring (bicyclic) bond motifs is 1. The number of carbonyl (C=O) groups excluding carboxylic acids is 1. The summed E-state index contributed by atoms with van der Waals surface area (Å²) in [7, 11) is 0. The number of aldehydes is 1. The van der Waals surface area contributed by atoms with E-state index < -0.39 is 0 Å². The summed E-state index contributed by atoms with van der Waals surface area (Å²) in [4.78, 5) is 12.1. The second-order valence-electron chi connectivity index (χ2n) is 3.65. The predicted octanol–water partition coefficient (Wildman–Crippen LogP) is 2.19. The van der Waals surface area contributed by atoms with Crippen LogP contribution in [0.1, 0.15) is 21.1 Å². The molecule has 84 valence electrons. The van der Waals surface area contributed by atoms with Crippen molar-refractivity contribution in [2.24, 2.45) is 0 Å². The third-order valence-electron chi connectivity index (χ3n) is 2.57. The lowest BCUT2D eigenvalue weighted by atomic mass is 10.3. The van der Waals surface area contributed by atoms with Crippen LogP contribution in [-0.2, 0) is 6.42 Å². The highest BCUT2D eigenvalue weighted by Crippen LogP contribution is 2.15. The first-order valence-corrected chi connectivity index (χ1v) is 6.06. The van der Waals surface area contributed by atoms with Crippen molar-refractivity contribution in [2.45, 2.75) is 6.42 Å². The highest BCUT2D eigenvalue weighted by atomic mass is 32.1. The molecule has 0 saturated carbocycles. The molecule has 17 heavy (non-hydrogen) atoms. The van der Waals surface area contributed by atoms with Crippen LogP contribution in [0.3, 0.4) is 0 Å². The molecule has 0 aliphatic heterocycles. The van der Waals surface area contributed by atoms with Crippen LogP contribution < -0.4 is 0 Å². The fraction of sp³-hybridized carbons (Fsp3) is 0.0833. The SMILES string of the molecule is O=Cc1cccn2c(Cc3cccs3)nnc12. The maximum absolute atomic E-state index is 10.9. The summed E-state index contributed by atoms with van der Waals surface area (Å²) in [6.45, 7) is 0. The highest BCUT2D eigenvalue weighted by Gasteiger charge is 2.09. The Morgan fingerprint density at radius 2 is 2.24 bits per heavy atom. The second-order valence-corrected chi connectivity index (χ2v) is 4.68. The Morgan fingerprint density at radius 1 is 1.29 bits per heavy atom. The van der Waals surface area contributed by atoms with Gasteiger partial charge in [-0.15, -0.1) is 21.5 Å². The molecule has 4 nitrogen and oxygen atoms in total. The number of nitrogens with zero attached hydrogens (tertiary/aromatic N) is 3. The highest BCUT2D eigenvalue weighted by molar-refractivity contribution is 7.09. The molecule has 5 heteroatoms. The summed E-state index contributed by atoms with van der Waals surface area (Å²) in [6, 6.07) is 7.65. The van der Waals surface area contributed by atoms with Crippen molar-refractivity contribution in [1.29, 1.82) is 0 Å². The Hall–Kier alpha value is -2.01. The zero-order valence-electron chi connectivity index (χ0n) is 8.91. The molecule has 0 N–H and O–H groups in total. The molecule has 0 aliphatic carbocycles. The van der Waals surface area contributed by atoms with Crippen LogP contribution in [0.5, 0.6) is 0 Å². The molecule has 0 amide bonds. The minimum absolute atomic E-state index is 0.567. The summed E-state index contributed by atoms with van der Waals surface area (Å²) < 4.78 is 1.86. The van der Waals surface area contributed by atoms with E-state index in [1.807, 2.05) is 28.1 Å². The van der Waals surface area contributed by atoms with Gasteiger partial charge in [0.15, 0.2) is 11.9 Å². The summed E-state index contributed by atoms with van der Waals surface area (Å²) >= 11 is 1.69. The van der Waals surface area contributed by atoms with Gasteiger partial charge in [-0.1, -0.05) is 6.07 Å². The molecule has 0 saturated heterocycles. The zero-order valence-corrected chi connectivity index (χ0v) is 9.72. The van der Waals surface area contributed by atoms with E-state index >= 15 is 0 Å². The van der Waals surface area contributed by atoms with Crippen LogP contribution >= 0.6 is 11.3 Å². The van der Waals surface area contributed by atoms with Gasteiger partial charge in [0, 0.05) is 17.5 Å². The van der Waals surface area contributed by atoms with E-state index in [9.17, 15) is 4.79 Å². The van der Waals surface area contributed by atoms with Crippen LogP contribution in [0.15, 0.2) is 35.8 Å². The van der Waals surface area contributed by atoms with E-state index in [2.05, 4.69) is 16.3 Å². The number of rotatable bonds is 3. The molecule has 0 atom stereocenters. The standard InChI is InChI=1S/C12H9N3OS/c16-8-9-3-1-5-15-11(13-14-12(9)15)7-10-4-2-6-17-10/h1-6,8H,7H2. The Kier molecular flexibility index (Phi) is 2.45. The number of carbonyl (C=O) groups is 1. The maximum atomic E-state index is 10.9. The van der Waals surface area contributed by atoms with Gasteiger partial charge in [-0.05, 0) is 23.6 Å². The first kappa shape index (κ1) is 10.2. The summed E-state index contributed by atoms with van der Waals surface area (Å²) in [5.41, 5.74) is 1.19. The number of aromatic nitrogens is 3. The summed E-state index contributed by atoms with van der Waals surface area (Å²) in [6.07, 6.45) is 3.42. The normalized spacial score (nSPS) is 10.8. The molecule has 3 rings (SSSR count). The minimum Gasteiger partial charge on any atom is -0.298 e. The van der Waals surface area contributed by atoms with Gasteiger partial charge in [-0.2, -0.15) is 0 Å². The third-order valence-corrected chi connectivity index (χ3v) is 3.45. The van der Waals surface area contributed by atoms with E-state index in [0.29, 0.717) is 11.2 Å². The fourth-order valence-electron chi connectivity index (χ4n) is 1.77. The molecular formula is C12H9N3OS. The van der Waals surface area contributed by atoms with Crippen molar-refractivity contribution in [1.82, 2.24) is 14.6 Å². The van der Waals surface area contributed by atoms with Crippen molar-refractivity contribution >= 4 is 23.3 Å². The van der Waals surface area contributed by atoms with E-state index in [-0.39, 0.29) is 0 Å². The Morgan fingerprint density at radius 3 is 3.00 bits per heavy atom. The van der Waals surface area contributed by atoms with Gasteiger partial charge in [0.1, 0.15) is 5.82 Å². The van der Waals surface area contributed by atoms with Crippen molar-refractivity contribution in [3.05, 3.63) is 52.1 Å². The summed E-state index contributed by atoms with van der Waals surface area (Å²) in [5.74, 6) is 0.853. The lowest BCUT2D eigenvalue weighted by molar-refractivity contribution is 0.112. The van der Waals surface area contributed by atoms with Crippen molar-refractivity contribution < 1.29 is 4.79 Å². The monoisotopic (exact) mass is 243 g/mol. The molecule has 0 spiro atoms. The number of hydrogen-bond donors (Lipinski definition) is 0. The number of pyridine rings is 1. The average molecular weight is 243 g/mol. The van der Waals surface area contributed by atoms with Crippen LogP contribution in [0.2, 0.25) is 0 Å². The van der Waals surface area contributed by atoms with Gasteiger partial charge in [-0.3, -0.25) is 9.20 Å². The predicted molar refractivity (Wildman–Crippen MR) is 65.5 cm³/mol. The molecule has 0 radical (unpaired) electrons. The smallest absolute Gasteiger partial charge is 0.171 e. The van der Waals surface area contributed by atoms with E-state index in [1.165, 1.54) is 4.88 Å². The summed E-state index contributed by atoms with van der Waals surface area (Å²) in [5, 5.41) is 10.2. The lowest BCUT2D eigenvalue weighted by Gasteiger charge is -1.98. The Balaban J connectivity index is 2.09. The van der Waals surface area contributed by atoms with Gasteiger partial charge >= 0.3 is 0 Å². The largest absolute Gasteiger partial charge is 0.298 e. The first-order valence-electron chi connectivity index (χ1n) is 5.18. The lowest BCUT2D eigenvalue weighted by Crippen LogP contribution is -1.96. The second kappa shape index (κ2) is 4.10. The molecule has 0 fully saturated rings. The molecule has 0 bridgehead atoms. The fourth-order valence-corrected chi connectivity index (χ4v) is 2.47. The topological polar surface area (TPSA) is 47.3 Å². The molecule has 0 unspecified atom stereocenters. The maximum Gasteiger partial charge on any atom is 0.171 e. The minimum atomic E-state index is 0.567. The van der Waals surface area contributed by atoms with Crippen LogP contribution in [0, 0.1) is 0 Å². The van der Waals surface area contributed by atoms with Crippen molar-refractivity contribution in [3.63, 3.8) is 0 Å². The van der Waals surface area contributed by atoms with Gasteiger partial charge < -0.3 is 0 Å². The Bertz CT molecular complexity index is 658. The molecule has 0 aromatic carbocycles. The molecular weight excluding hydrogens is 234 g/mol. The van der Waals surface area contributed by atoms with Crippen LogP contribution in [-0.4, -0.2) is 20.9 Å². The Labute approximate surface area is 102 Å². The molecule has 3 aromatic rings. The average Bonchev–Trinajstić information content (AvgIpc) is 2.99. The molecule has 3 heterocycles. The van der Waals surface area contributed by atoms with Gasteiger partial charge in [0.2, 0.25) is 0 Å². The molecule has 0 aliphatic rings. The molecule has 3 aromatic heterocycles. The van der Waals surface area contributed by atoms with Crippen molar-refractivity contribution in [3.8, 4) is 0 Å². The van der Waals surface area contributed by atoms with Crippen LogP contribution in [0.4, 0.5) is 0 Å². The van der Waals surface area contributed by atoms with E-state index in [4.69, 9.17) is 0 Å². The van der Waals surface area contributed by atoms with Crippen LogP contribution in [0.25, 0.3) is 5.65 Å². The van der Waals surface area contributed by atoms with Gasteiger partial charge in [0.05, 0.1) is 5.56 Å². The van der Waals surface area contributed by atoms with E-state index in [0.717, 1.165) is 18.5 Å². The zero-order chi connectivity index (χ0) is 11.7. The van der Waals surface area contributed by atoms with Gasteiger partial charge in [-0.25, -0.2) is 0 Å². The third kappa shape index (κ3) is 1.74. The van der Waals surface area contributed by atoms with Crippen molar-refractivity contribution in [2.75, 3.05) is 0 Å².